The highest BCUT2D eigenvalue weighted by molar-refractivity contribution is 5.19. The summed E-state index contributed by atoms with van der Waals surface area (Å²) in [7, 11) is 4.28. The summed E-state index contributed by atoms with van der Waals surface area (Å²) in [5, 5.41) is 7.16. The van der Waals surface area contributed by atoms with Gasteiger partial charge >= 0.3 is 0 Å². The van der Waals surface area contributed by atoms with Gasteiger partial charge in [0.25, 0.3) is 0 Å². The first kappa shape index (κ1) is 16.2. The molecule has 1 atom stereocenters. The zero-order valence-corrected chi connectivity index (χ0v) is 14.2. The monoisotopic (exact) mass is 309 g/mol. The van der Waals surface area contributed by atoms with E-state index in [1.165, 1.54) is 30.4 Å². The summed E-state index contributed by atoms with van der Waals surface area (Å²) in [5.41, 5.74) is 2.77. The lowest BCUT2D eigenvalue weighted by atomic mass is 9.97. The number of hydrogen-bond acceptors (Lipinski definition) is 3. The van der Waals surface area contributed by atoms with Crippen LogP contribution in [0.4, 0.5) is 0 Å². The fourth-order valence-electron chi connectivity index (χ4n) is 3.42. The fourth-order valence-corrected chi connectivity index (χ4v) is 3.42. The molecule has 3 nitrogen and oxygen atoms in total. The smallest absolute Gasteiger partial charge is 0.0543 e. The third-order valence-electron chi connectivity index (χ3n) is 4.58. The van der Waals surface area contributed by atoms with Crippen LogP contribution in [0.2, 0.25) is 0 Å². The average molecular weight is 309 g/mol. The van der Waals surface area contributed by atoms with Crippen molar-refractivity contribution in [1.29, 1.82) is 0 Å². The highest BCUT2D eigenvalue weighted by Crippen LogP contribution is 2.32. The summed E-state index contributed by atoms with van der Waals surface area (Å²) in [6.45, 7) is 2.03. The maximum Gasteiger partial charge on any atom is 0.0543 e. The van der Waals surface area contributed by atoms with Crippen molar-refractivity contribution >= 4 is 0 Å². The highest BCUT2D eigenvalue weighted by atomic mass is 15.9. The minimum atomic E-state index is 0.469. The zero-order chi connectivity index (χ0) is 16.1. The van der Waals surface area contributed by atoms with Crippen molar-refractivity contribution in [3.8, 4) is 0 Å². The molecule has 3 rings (SSSR count). The van der Waals surface area contributed by atoms with Crippen molar-refractivity contribution in [1.82, 2.24) is 15.1 Å². The van der Waals surface area contributed by atoms with Gasteiger partial charge in [-0.1, -0.05) is 67.1 Å². The van der Waals surface area contributed by atoms with Crippen LogP contribution in [0.25, 0.3) is 0 Å². The Morgan fingerprint density at radius 3 is 2.22 bits per heavy atom. The number of nitrogens with zero attached hydrogens (tertiary/aromatic N) is 3. The molecule has 0 amide bonds. The third-order valence-corrected chi connectivity index (χ3v) is 4.58. The lowest BCUT2D eigenvalue weighted by Gasteiger charge is -2.46. The third kappa shape index (κ3) is 3.99. The van der Waals surface area contributed by atoms with Crippen LogP contribution in [-0.2, 0) is 6.54 Å². The molecule has 0 spiro atoms. The van der Waals surface area contributed by atoms with Crippen LogP contribution >= 0.6 is 0 Å². The molecular weight excluding hydrogens is 282 g/mol. The van der Waals surface area contributed by atoms with Gasteiger partial charge < -0.3 is 0 Å². The Bertz CT molecular complexity index is 582. The van der Waals surface area contributed by atoms with Crippen LogP contribution in [0, 0.1) is 0 Å². The van der Waals surface area contributed by atoms with Gasteiger partial charge in [0.2, 0.25) is 0 Å². The van der Waals surface area contributed by atoms with E-state index < -0.39 is 0 Å². The summed E-state index contributed by atoms with van der Waals surface area (Å²) in [4.78, 5) is 0. The van der Waals surface area contributed by atoms with Crippen molar-refractivity contribution < 1.29 is 0 Å². The lowest BCUT2D eigenvalue weighted by molar-refractivity contribution is -0.200. The van der Waals surface area contributed by atoms with E-state index in [9.17, 15) is 0 Å². The van der Waals surface area contributed by atoms with E-state index in [1.54, 1.807) is 0 Å². The van der Waals surface area contributed by atoms with E-state index in [0.717, 1.165) is 13.1 Å². The van der Waals surface area contributed by atoms with Gasteiger partial charge in [0.1, 0.15) is 0 Å². The van der Waals surface area contributed by atoms with Crippen LogP contribution in [0.1, 0.15) is 36.4 Å². The molecule has 0 aromatic heterocycles. The van der Waals surface area contributed by atoms with Crippen LogP contribution in [0.15, 0.2) is 60.7 Å². The van der Waals surface area contributed by atoms with Gasteiger partial charge in [-0.05, 0) is 24.0 Å². The Morgan fingerprint density at radius 1 is 0.913 bits per heavy atom. The van der Waals surface area contributed by atoms with Crippen molar-refractivity contribution in [2.24, 2.45) is 0 Å². The molecular formula is C20H27N3. The van der Waals surface area contributed by atoms with Crippen molar-refractivity contribution in [2.75, 3.05) is 20.6 Å². The fraction of sp³-hybridized carbons (Fsp3) is 0.400. The van der Waals surface area contributed by atoms with E-state index in [4.69, 9.17) is 0 Å². The summed E-state index contributed by atoms with van der Waals surface area (Å²) in [6, 6.07) is 22.1. The van der Waals surface area contributed by atoms with Crippen LogP contribution in [-0.4, -0.2) is 35.8 Å². The molecule has 1 fully saturated rings. The van der Waals surface area contributed by atoms with Crippen LogP contribution < -0.4 is 0 Å². The van der Waals surface area contributed by atoms with Gasteiger partial charge in [0, 0.05) is 20.6 Å². The normalized spacial score (nSPS) is 19.4. The van der Waals surface area contributed by atoms with E-state index in [1.807, 2.05) is 0 Å². The van der Waals surface area contributed by atoms with Crippen LogP contribution in [0.3, 0.4) is 0 Å². The summed E-state index contributed by atoms with van der Waals surface area (Å²) < 4.78 is 0. The number of hydrogen-bond donors (Lipinski definition) is 0. The van der Waals surface area contributed by atoms with E-state index >= 15 is 0 Å². The first-order valence-electron chi connectivity index (χ1n) is 8.56. The molecule has 122 valence electrons. The predicted octanol–water partition coefficient (Wildman–Crippen LogP) is 4.11. The molecule has 0 saturated carbocycles. The molecule has 0 N–H and O–H groups in total. The number of rotatable bonds is 5. The lowest BCUT2D eigenvalue weighted by Crippen LogP contribution is -2.52. The first-order chi connectivity index (χ1) is 11.3. The molecule has 1 aliphatic heterocycles. The van der Waals surface area contributed by atoms with Gasteiger partial charge in [-0.3, -0.25) is 0 Å². The van der Waals surface area contributed by atoms with Crippen molar-refractivity contribution in [3.63, 3.8) is 0 Å². The Kier molecular flexibility index (Phi) is 5.44. The number of piperidine rings is 1. The average Bonchev–Trinajstić information content (AvgIpc) is 2.61. The topological polar surface area (TPSA) is 9.72 Å². The second kappa shape index (κ2) is 7.73. The maximum absolute atomic E-state index is 2.55. The predicted molar refractivity (Wildman–Crippen MR) is 95.4 cm³/mol. The summed E-state index contributed by atoms with van der Waals surface area (Å²) in [6.07, 6.45) is 3.80. The van der Waals surface area contributed by atoms with Gasteiger partial charge in [0.15, 0.2) is 0 Å². The van der Waals surface area contributed by atoms with E-state index in [2.05, 4.69) is 89.9 Å². The Morgan fingerprint density at radius 2 is 1.57 bits per heavy atom. The zero-order valence-electron chi connectivity index (χ0n) is 14.2. The van der Waals surface area contributed by atoms with Crippen molar-refractivity contribution in [2.45, 2.75) is 31.8 Å². The molecule has 1 aliphatic rings. The molecule has 3 heteroatoms. The van der Waals surface area contributed by atoms with E-state index in [-0.39, 0.29) is 0 Å². The number of hydrazine groups is 2. The quantitative estimate of drug-likeness (QED) is 0.770. The molecule has 2 aromatic rings. The first-order valence-corrected chi connectivity index (χ1v) is 8.56. The van der Waals surface area contributed by atoms with Gasteiger partial charge in [0.05, 0.1) is 12.6 Å². The molecule has 0 bridgehead atoms. The van der Waals surface area contributed by atoms with Gasteiger partial charge in [-0.2, -0.15) is 5.12 Å². The second-order valence-electron chi connectivity index (χ2n) is 6.45. The standard InChI is InChI=1S/C20H27N3/c1-21(2)23(17-18-11-5-3-6-12-18)22-16-10-9-15-20(22)19-13-7-4-8-14-19/h3-8,11-14,20H,9-10,15-17H2,1-2H3. The molecule has 1 saturated heterocycles. The molecule has 0 radical (unpaired) electrons. The minimum absolute atomic E-state index is 0.469. The minimum Gasteiger partial charge on any atom is -0.234 e. The Labute approximate surface area is 140 Å². The summed E-state index contributed by atoms with van der Waals surface area (Å²) >= 11 is 0. The molecule has 2 aromatic carbocycles. The van der Waals surface area contributed by atoms with Crippen LogP contribution in [0.5, 0.6) is 0 Å². The highest BCUT2D eigenvalue weighted by Gasteiger charge is 2.29. The molecule has 0 aliphatic carbocycles. The van der Waals surface area contributed by atoms with Gasteiger partial charge in [-0.15, -0.1) is 0 Å². The molecule has 1 unspecified atom stereocenters. The largest absolute Gasteiger partial charge is 0.234 e. The van der Waals surface area contributed by atoms with E-state index in [0.29, 0.717) is 6.04 Å². The number of benzene rings is 2. The van der Waals surface area contributed by atoms with Gasteiger partial charge in [-0.25, -0.2) is 10.0 Å². The second-order valence-corrected chi connectivity index (χ2v) is 6.45. The Hall–Kier alpha value is -1.68. The molecule has 23 heavy (non-hydrogen) atoms. The van der Waals surface area contributed by atoms with Crippen molar-refractivity contribution in [3.05, 3.63) is 71.8 Å². The molecule has 1 heterocycles. The Balaban J connectivity index is 1.84. The maximum atomic E-state index is 2.55. The SMILES string of the molecule is CN(C)N(Cc1ccccc1)N1CCCCC1c1ccccc1. The summed E-state index contributed by atoms with van der Waals surface area (Å²) in [5.74, 6) is 0.